The Kier molecular flexibility index (Phi) is 3.69. The summed E-state index contributed by atoms with van der Waals surface area (Å²) in [6, 6.07) is 15.3. The number of aromatic nitrogens is 1. The minimum absolute atomic E-state index is 0.0379. The number of aryl methyl sites for hydroxylation is 1. The molecule has 2 aromatic carbocycles. The standard InChI is InChI=1S/C19H17ClN2O2/c1-22-16-7-6-13(20)10-12(16)11-17(22)19(23)21-15-8-9-24-18-5-3-2-4-14(15)18/h2-7,10-11,15H,8-9H2,1H3,(H,21,23)/t15-/m1/s1. The van der Waals surface area contributed by atoms with Gasteiger partial charge in [0.25, 0.3) is 5.91 Å². The second kappa shape index (κ2) is 5.87. The van der Waals surface area contributed by atoms with Gasteiger partial charge in [-0.1, -0.05) is 29.8 Å². The first-order valence-corrected chi connectivity index (χ1v) is 8.29. The van der Waals surface area contributed by atoms with Gasteiger partial charge in [-0.05, 0) is 30.3 Å². The molecule has 1 atom stereocenters. The summed E-state index contributed by atoms with van der Waals surface area (Å²) >= 11 is 6.05. The number of carbonyl (C=O) groups is 1. The Hall–Kier alpha value is -2.46. The first-order chi connectivity index (χ1) is 11.6. The van der Waals surface area contributed by atoms with E-state index in [-0.39, 0.29) is 11.9 Å². The fourth-order valence-corrected chi connectivity index (χ4v) is 3.44. The van der Waals surface area contributed by atoms with E-state index in [0.717, 1.165) is 28.6 Å². The number of benzene rings is 2. The van der Waals surface area contributed by atoms with Crippen LogP contribution in [0.15, 0.2) is 48.5 Å². The summed E-state index contributed by atoms with van der Waals surface area (Å²) in [5.41, 5.74) is 2.63. The van der Waals surface area contributed by atoms with Gasteiger partial charge < -0.3 is 14.6 Å². The third-order valence-electron chi connectivity index (χ3n) is 4.50. The predicted octanol–water partition coefficient (Wildman–Crippen LogP) is 4.09. The second-order valence-corrected chi connectivity index (χ2v) is 6.43. The molecule has 4 rings (SSSR count). The van der Waals surface area contributed by atoms with Crippen LogP contribution in [0.5, 0.6) is 5.75 Å². The second-order valence-electron chi connectivity index (χ2n) is 5.99. The number of hydrogen-bond acceptors (Lipinski definition) is 2. The molecule has 0 radical (unpaired) electrons. The zero-order chi connectivity index (χ0) is 16.7. The molecule has 0 fully saturated rings. The van der Waals surface area contributed by atoms with Gasteiger partial charge in [0.15, 0.2) is 0 Å². The van der Waals surface area contributed by atoms with Crippen LogP contribution >= 0.6 is 11.6 Å². The van der Waals surface area contributed by atoms with Gasteiger partial charge in [0.1, 0.15) is 11.4 Å². The predicted molar refractivity (Wildman–Crippen MR) is 94.7 cm³/mol. The Morgan fingerprint density at radius 1 is 1.25 bits per heavy atom. The zero-order valence-corrected chi connectivity index (χ0v) is 14.0. The molecule has 0 saturated heterocycles. The lowest BCUT2D eigenvalue weighted by Gasteiger charge is -2.26. The van der Waals surface area contributed by atoms with Crippen LogP contribution < -0.4 is 10.1 Å². The largest absolute Gasteiger partial charge is 0.493 e. The maximum Gasteiger partial charge on any atom is 0.268 e. The van der Waals surface area contributed by atoms with Crippen LogP contribution in [-0.4, -0.2) is 17.1 Å². The van der Waals surface area contributed by atoms with Gasteiger partial charge in [-0.15, -0.1) is 0 Å². The summed E-state index contributed by atoms with van der Waals surface area (Å²) in [4.78, 5) is 12.8. The fourth-order valence-electron chi connectivity index (χ4n) is 3.26. The Morgan fingerprint density at radius 3 is 2.96 bits per heavy atom. The van der Waals surface area contributed by atoms with Crippen LogP contribution in [0.4, 0.5) is 0 Å². The number of para-hydroxylation sites is 1. The van der Waals surface area contributed by atoms with Gasteiger partial charge in [0, 0.05) is 35.0 Å². The molecule has 1 aromatic heterocycles. The Balaban J connectivity index is 1.65. The number of nitrogens with one attached hydrogen (secondary N) is 1. The van der Waals surface area contributed by atoms with Crippen molar-refractivity contribution in [1.82, 2.24) is 9.88 Å². The fraction of sp³-hybridized carbons (Fsp3) is 0.211. The minimum Gasteiger partial charge on any atom is -0.493 e. The number of amides is 1. The van der Waals surface area contributed by atoms with Crippen molar-refractivity contribution in [2.45, 2.75) is 12.5 Å². The summed E-state index contributed by atoms with van der Waals surface area (Å²) in [5, 5.41) is 4.76. The SMILES string of the molecule is Cn1c(C(=O)N[C@@H]2CCOc3ccccc32)cc2cc(Cl)ccc21. The van der Waals surface area contributed by atoms with Crippen molar-refractivity contribution >= 4 is 28.4 Å². The van der Waals surface area contributed by atoms with Crippen molar-refractivity contribution in [3.63, 3.8) is 0 Å². The van der Waals surface area contributed by atoms with Crippen LogP contribution in [0, 0.1) is 0 Å². The number of fused-ring (bicyclic) bond motifs is 2. The van der Waals surface area contributed by atoms with E-state index < -0.39 is 0 Å². The number of ether oxygens (including phenoxy) is 1. The molecule has 1 aliphatic heterocycles. The van der Waals surface area contributed by atoms with Crippen molar-refractivity contribution in [2.75, 3.05) is 6.61 Å². The molecule has 1 amide bonds. The maximum absolute atomic E-state index is 12.8. The first kappa shape index (κ1) is 15.1. The highest BCUT2D eigenvalue weighted by Gasteiger charge is 2.24. The number of halogens is 1. The molecular formula is C19H17ClN2O2. The molecule has 24 heavy (non-hydrogen) atoms. The van der Waals surface area contributed by atoms with Gasteiger partial charge >= 0.3 is 0 Å². The number of hydrogen-bond donors (Lipinski definition) is 1. The highest BCUT2D eigenvalue weighted by atomic mass is 35.5. The van der Waals surface area contributed by atoms with Crippen LogP contribution in [0.3, 0.4) is 0 Å². The average molecular weight is 341 g/mol. The van der Waals surface area contributed by atoms with E-state index in [1.165, 1.54) is 0 Å². The summed E-state index contributed by atoms with van der Waals surface area (Å²) < 4.78 is 7.55. The molecule has 122 valence electrons. The lowest BCUT2D eigenvalue weighted by molar-refractivity contribution is 0.0917. The summed E-state index contributed by atoms with van der Waals surface area (Å²) in [5.74, 6) is 0.754. The molecular weight excluding hydrogens is 324 g/mol. The van der Waals surface area contributed by atoms with E-state index in [9.17, 15) is 4.79 Å². The van der Waals surface area contributed by atoms with Gasteiger partial charge in [0.2, 0.25) is 0 Å². The van der Waals surface area contributed by atoms with Gasteiger partial charge in [-0.2, -0.15) is 0 Å². The quantitative estimate of drug-likeness (QED) is 0.763. The normalized spacial score (nSPS) is 16.5. The monoisotopic (exact) mass is 340 g/mol. The van der Waals surface area contributed by atoms with E-state index in [2.05, 4.69) is 5.32 Å². The van der Waals surface area contributed by atoms with E-state index in [1.807, 2.05) is 60.1 Å². The van der Waals surface area contributed by atoms with Crippen LogP contribution in [0.1, 0.15) is 28.5 Å². The Morgan fingerprint density at radius 2 is 2.08 bits per heavy atom. The summed E-state index contributed by atoms with van der Waals surface area (Å²) in [7, 11) is 1.89. The molecule has 5 heteroatoms. The van der Waals surface area contributed by atoms with E-state index in [0.29, 0.717) is 17.3 Å². The molecule has 0 spiro atoms. The first-order valence-electron chi connectivity index (χ1n) is 7.91. The Bertz CT molecular complexity index is 932. The zero-order valence-electron chi connectivity index (χ0n) is 13.3. The number of nitrogens with zero attached hydrogens (tertiary/aromatic N) is 1. The minimum atomic E-state index is -0.0912. The molecule has 4 nitrogen and oxygen atoms in total. The average Bonchev–Trinajstić information content (AvgIpc) is 2.91. The van der Waals surface area contributed by atoms with E-state index >= 15 is 0 Å². The number of carbonyl (C=O) groups excluding carboxylic acids is 1. The van der Waals surface area contributed by atoms with Crippen LogP contribution in [0.25, 0.3) is 10.9 Å². The van der Waals surface area contributed by atoms with Gasteiger partial charge in [-0.3, -0.25) is 4.79 Å². The smallest absolute Gasteiger partial charge is 0.268 e. The highest BCUT2D eigenvalue weighted by Crippen LogP contribution is 2.32. The van der Waals surface area contributed by atoms with Crippen LogP contribution in [-0.2, 0) is 7.05 Å². The Labute approximate surface area is 145 Å². The maximum atomic E-state index is 12.8. The van der Waals surface area contributed by atoms with Crippen molar-refractivity contribution in [3.8, 4) is 5.75 Å². The summed E-state index contributed by atoms with van der Waals surface area (Å²) in [6.07, 6.45) is 0.762. The molecule has 1 aliphatic rings. The van der Waals surface area contributed by atoms with E-state index in [4.69, 9.17) is 16.3 Å². The topological polar surface area (TPSA) is 43.3 Å². The van der Waals surface area contributed by atoms with Crippen molar-refractivity contribution in [2.24, 2.45) is 7.05 Å². The third-order valence-corrected chi connectivity index (χ3v) is 4.74. The third kappa shape index (κ3) is 2.53. The summed E-state index contributed by atoms with van der Waals surface area (Å²) in [6.45, 7) is 0.604. The molecule has 0 unspecified atom stereocenters. The molecule has 0 bridgehead atoms. The molecule has 0 saturated carbocycles. The molecule has 3 aromatic rings. The van der Waals surface area contributed by atoms with Crippen LogP contribution in [0.2, 0.25) is 5.02 Å². The molecule has 1 N–H and O–H groups in total. The van der Waals surface area contributed by atoms with Gasteiger partial charge in [-0.25, -0.2) is 0 Å². The lowest BCUT2D eigenvalue weighted by atomic mass is 10.0. The highest BCUT2D eigenvalue weighted by molar-refractivity contribution is 6.31. The van der Waals surface area contributed by atoms with Crippen molar-refractivity contribution in [1.29, 1.82) is 0 Å². The van der Waals surface area contributed by atoms with Crippen molar-refractivity contribution < 1.29 is 9.53 Å². The lowest BCUT2D eigenvalue weighted by Crippen LogP contribution is -2.33. The number of rotatable bonds is 2. The molecule has 0 aliphatic carbocycles. The van der Waals surface area contributed by atoms with Crippen molar-refractivity contribution in [3.05, 3.63) is 64.8 Å². The molecule has 2 heterocycles. The van der Waals surface area contributed by atoms with E-state index in [1.54, 1.807) is 0 Å². The van der Waals surface area contributed by atoms with Gasteiger partial charge in [0.05, 0.1) is 12.6 Å².